The normalized spacial score (nSPS) is 15.5. The minimum atomic E-state index is -0.428. The standard InChI is InChI=1S/C22H25N9O4/c1-2-34-20(32)15-10-25-27(12-15)7-8-28-21-26-19-18(31(21)30(22(28)33)11-14-5-6-14)17(24-13-29(19)23)16-4-3-9-35-16/h3-4,9-10,12,14H,2,5-8,11,13,23H2,1H3. The van der Waals surface area contributed by atoms with E-state index in [4.69, 9.17) is 20.0 Å². The Kier molecular flexibility index (Phi) is 5.06. The van der Waals surface area contributed by atoms with E-state index in [0.717, 1.165) is 12.8 Å². The Bertz CT molecular complexity index is 1480. The van der Waals surface area contributed by atoms with Crippen molar-refractivity contribution in [1.29, 1.82) is 0 Å². The molecule has 0 saturated heterocycles. The maximum atomic E-state index is 13.5. The van der Waals surface area contributed by atoms with E-state index in [2.05, 4.69) is 10.1 Å². The van der Waals surface area contributed by atoms with Gasteiger partial charge in [0, 0.05) is 12.7 Å². The number of nitrogens with two attached hydrogens (primary N) is 1. The third kappa shape index (κ3) is 3.64. The summed E-state index contributed by atoms with van der Waals surface area (Å²) >= 11 is 0. The number of imidazole rings is 1. The second kappa shape index (κ2) is 8.27. The van der Waals surface area contributed by atoms with Gasteiger partial charge in [-0.2, -0.15) is 10.1 Å². The van der Waals surface area contributed by atoms with E-state index < -0.39 is 5.97 Å². The summed E-state index contributed by atoms with van der Waals surface area (Å²) in [5.41, 5.74) is 1.42. The molecule has 6 rings (SSSR count). The Morgan fingerprint density at radius 1 is 1.31 bits per heavy atom. The minimum Gasteiger partial charge on any atom is -0.463 e. The van der Waals surface area contributed by atoms with Crippen LogP contribution in [-0.2, 0) is 24.4 Å². The van der Waals surface area contributed by atoms with E-state index >= 15 is 0 Å². The average molecular weight is 480 g/mol. The highest BCUT2D eigenvalue weighted by Gasteiger charge is 2.33. The van der Waals surface area contributed by atoms with Crippen LogP contribution >= 0.6 is 0 Å². The lowest BCUT2D eigenvalue weighted by Gasteiger charge is -2.21. The largest absolute Gasteiger partial charge is 0.463 e. The summed E-state index contributed by atoms with van der Waals surface area (Å²) in [6.45, 7) is 3.51. The van der Waals surface area contributed by atoms with Crippen LogP contribution in [0.2, 0.25) is 0 Å². The first-order valence-electron chi connectivity index (χ1n) is 11.6. The van der Waals surface area contributed by atoms with E-state index in [0.29, 0.717) is 59.9 Å². The molecular formula is C22H25N9O4. The molecule has 1 fully saturated rings. The predicted molar refractivity (Wildman–Crippen MR) is 124 cm³/mol. The van der Waals surface area contributed by atoms with Crippen molar-refractivity contribution >= 4 is 23.3 Å². The number of ether oxygens (including phenoxy) is 1. The summed E-state index contributed by atoms with van der Waals surface area (Å²) in [6.07, 6.45) is 6.83. The smallest absolute Gasteiger partial charge is 0.346 e. The highest BCUT2D eigenvalue weighted by Crippen LogP contribution is 2.32. The second-order valence-electron chi connectivity index (χ2n) is 8.66. The first kappa shape index (κ1) is 21.4. The molecule has 0 unspecified atom stereocenters. The summed E-state index contributed by atoms with van der Waals surface area (Å²) in [7, 11) is 0. The molecule has 1 aliphatic carbocycles. The van der Waals surface area contributed by atoms with Gasteiger partial charge in [-0.1, -0.05) is 0 Å². The number of hydrazine groups is 1. The fourth-order valence-electron chi connectivity index (χ4n) is 4.32. The van der Waals surface area contributed by atoms with Gasteiger partial charge in [0.05, 0.1) is 37.7 Å². The fourth-order valence-corrected chi connectivity index (χ4v) is 4.32. The Hall–Kier alpha value is -4.13. The SMILES string of the molecule is CCOC(=O)c1cnn(CCn2c(=O)n(CC3CC3)n3c4c(nc23)N(N)CN=C4c2ccco2)c1. The number of aliphatic imine (C=N–C) groups is 1. The second-order valence-corrected chi connectivity index (χ2v) is 8.66. The van der Waals surface area contributed by atoms with E-state index in [1.54, 1.807) is 39.4 Å². The Balaban J connectivity index is 1.41. The van der Waals surface area contributed by atoms with Crippen molar-refractivity contribution in [2.45, 2.75) is 39.4 Å². The number of aryl methyl sites for hydroxylation is 2. The third-order valence-corrected chi connectivity index (χ3v) is 6.21. The van der Waals surface area contributed by atoms with Crippen molar-refractivity contribution < 1.29 is 13.9 Å². The van der Waals surface area contributed by atoms with Crippen LogP contribution in [0.4, 0.5) is 5.82 Å². The highest BCUT2D eigenvalue weighted by atomic mass is 16.5. The summed E-state index contributed by atoms with van der Waals surface area (Å²) in [5, 5.41) is 5.70. The number of aromatic nitrogens is 6. The molecule has 0 radical (unpaired) electrons. The Morgan fingerprint density at radius 2 is 2.17 bits per heavy atom. The van der Waals surface area contributed by atoms with Gasteiger partial charge < -0.3 is 9.15 Å². The summed E-state index contributed by atoms with van der Waals surface area (Å²) in [6, 6.07) is 3.62. The maximum Gasteiger partial charge on any atom is 0.346 e. The zero-order valence-corrected chi connectivity index (χ0v) is 19.2. The van der Waals surface area contributed by atoms with Gasteiger partial charge in [-0.3, -0.25) is 19.3 Å². The van der Waals surface area contributed by atoms with Crippen LogP contribution in [0.25, 0.3) is 5.78 Å². The molecule has 5 heterocycles. The van der Waals surface area contributed by atoms with Gasteiger partial charge in [-0.15, -0.1) is 0 Å². The van der Waals surface area contributed by atoms with Crippen LogP contribution in [0.1, 0.15) is 41.6 Å². The average Bonchev–Trinajstić information content (AvgIpc) is 3.24. The van der Waals surface area contributed by atoms with Crippen molar-refractivity contribution in [3.8, 4) is 0 Å². The van der Waals surface area contributed by atoms with Gasteiger partial charge in [0.2, 0.25) is 5.78 Å². The van der Waals surface area contributed by atoms with Crippen molar-refractivity contribution in [2.24, 2.45) is 16.8 Å². The minimum absolute atomic E-state index is 0.173. The molecule has 4 aromatic heterocycles. The number of nitrogens with zero attached hydrogens (tertiary/aromatic N) is 8. The Labute approximate surface area is 199 Å². The first-order chi connectivity index (χ1) is 17.0. The quantitative estimate of drug-likeness (QED) is 0.290. The van der Waals surface area contributed by atoms with Crippen molar-refractivity contribution in [1.82, 2.24) is 28.5 Å². The fraction of sp³-hybridized carbons (Fsp3) is 0.409. The molecule has 1 aliphatic heterocycles. The molecule has 0 bridgehead atoms. The van der Waals surface area contributed by atoms with Crippen LogP contribution in [0.3, 0.4) is 0 Å². The monoisotopic (exact) mass is 479 g/mol. The molecule has 0 atom stereocenters. The molecule has 0 amide bonds. The van der Waals surface area contributed by atoms with E-state index in [9.17, 15) is 9.59 Å². The molecule has 2 N–H and O–H groups in total. The number of fused-ring (bicyclic) bond motifs is 3. The zero-order valence-electron chi connectivity index (χ0n) is 19.2. The predicted octanol–water partition coefficient (Wildman–Crippen LogP) is 0.863. The number of carbonyl (C=O) groups is 1. The van der Waals surface area contributed by atoms with Crippen molar-refractivity contribution in [2.75, 3.05) is 18.3 Å². The molecule has 35 heavy (non-hydrogen) atoms. The molecule has 182 valence electrons. The lowest BCUT2D eigenvalue weighted by atomic mass is 10.2. The number of carbonyl (C=O) groups excluding carboxylic acids is 1. The Morgan fingerprint density at radius 3 is 2.91 bits per heavy atom. The van der Waals surface area contributed by atoms with Gasteiger partial charge in [0.25, 0.3) is 0 Å². The van der Waals surface area contributed by atoms with Crippen LogP contribution in [0, 0.1) is 5.92 Å². The van der Waals surface area contributed by atoms with Gasteiger partial charge in [0.1, 0.15) is 18.1 Å². The van der Waals surface area contributed by atoms with E-state index in [-0.39, 0.29) is 19.0 Å². The number of hydrogen-bond donors (Lipinski definition) is 1. The summed E-state index contributed by atoms with van der Waals surface area (Å²) < 4.78 is 17.4. The van der Waals surface area contributed by atoms with Gasteiger partial charge in [-0.05, 0) is 37.8 Å². The topological polar surface area (TPSA) is 143 Å². The number of rotatable bonds is 8. The van der Waals surface area contributed by atoms with Gasteiger partial charge >= 0.3 is 11.7 Å². The van der Waals surface area contributed by atoms with Crippen LogP contribution < -0.4 is 16.5 Å². The number of hydrogen-bond acceptors (Lipinski definition) is 9. The molecular weight excluding hydrogens is 454 g/mol. The highest BCUT2D eigenvalue weighted by molar-refractivity contribution is 6.14. The zero-order chi connectivity index (χ0) is 24.1. The number of furan rings is 1. The molecule has 1 saturated carbocycles. The first-order valence-corrected chi connectivity index (χ1v) is 11.6. The van der Waals surface area contributed by atoms with Crippen LogP contribution in [0.5, 0.6) is 0 Å². The van der Waals surface area contributed by atoms with Crippen molar-refractivity contribution in [3.05, 3.63) is 58.3 Å². The molecule has 0 aromatic carbocycles. The van der Waals surface area contributed by atoms with E-state index in [1.165, 1.54) is 11.2 Å². The number of esters is 1. The molecule has 2 aliphatic rings. The van der Waals surface area contributed by atoms with Gasteiger partial charge in [-0.25, -0.2) is 24.6 Å². The third-order valence-electron chi connectivity index (χ3n) is 6.21. The van der Waals surface area contributed by atoms with E-state index in [1.807, 2.05) is 10.6 Å². The van der Waals surface area contributed by atoms with Crippen molar-refractivity contribution in [3.63, 3.8) is 0 Å². The summed E-state index contributed by atoms with van der Waals surface area (Å²) in [5.74, 6) is 7.83. The number of anilines is 1. The molecule has 0 spiro atoms. The molecule has 4 aromatic rings. The van der Waals surface area contributed by atoms with Crippen LogP contribution in [0.15, 0.2) is 45.0 Å². The molecule has 13 nitrogen and oxygen atoms in total. The lowest BCUT2D eigenvalue weighted by molar-refractivity contribution is 0.0526. The lowest BCUT2D eigenvalue weighted by Crippen LogP contribution is -2.37. The van der Waals surface area contributed by atoms with Crippen LogP contribution in [-0.4, -0.2) is 53.5 Å². The maximum absolute atomic E-state index is 13.5. The summed E-state index contributed by atoms with van der Waals surface area (Å²) in [4.78, 5) is 34.9. The van der Waals surface area contributed by atoms with Gasteiger partial charge in [0.15, 0.2) is 11.6 Å². The molecule has 13 heteroatoms.